The zero-order valence-electron chi connectivity index (χ0n) is 16.7. The lowest BCUT2D eigenvalue weighted by Gasteiger charge is -2.17. The van der Waals surface area contributed by atoms with Gasteiger partial charge in [-0.2, -0.15) is 13.2 Å². The first-order chi connectivity index (χ1) is 15.1. The van der Waals surface area contributed by atoms with Gasteiger partial charge in [-0.05, 0) is 49.4 Å². The smallest absolute Gasteiger partial charge is 0.368 e. The Bertz CT molecular complexity index is 1060. The Balaban J connectivity index is 1.90. The number of benzene rings is 2. The van der Waals surface area contributed by atoms with E-state index < -0.39 is 46.0 Å². The van der Waals surface area contributed by atoms with Crippen LogP contribution in [0.4, 0.5) is 30.2 Å². The van der Waals surface area contributed by atoms with Crippen LogP contribution in [0.1, 0.15) is 28.8 Å². The molecule has 0 saturated carbocycles. The lowest BCUT2D eigenvalue weighted by atomic mass is 10.1. The first-order valence-electron chi connectivity index (χ1n) is 9.37. The van der Waals surface area contributed by atoms with Crippen LogP contribution in [0.5, 0.6) is 0 Å². The molecule has 0 aromatic heterocycles. The number of hydrogen-bond acceptors (Lipinski definition) is 6. The SMILES string of the molecule is CSc1ccc([N+](=O)[O-])c(C(=O)Nc2ccc(NC(=O)C3CCCO3)cc2C(F)(F)F)c1. The predicted molar refractivity (Wildman–Crippen MR) is 112 cm³/mol. The molecular formula is C20H18F3N3O5S. The summed E-state index contributed by atoms with van der Waals surface area (Å²) in [5.41, 5.74) is -2.83. The van der Waals surface area contributed by atoms with E-state index in [2.05, 4.69) is 10.6 Å². The molecule has 0 spiro atoms. The van der Waals surface area contributed by atoms with Gasteiger partial charge in [-0.15, -0.1) is 11.8 Å². The van der Waals surface area contributed by atoms with E-state index in [4.69, 9.17) is 4.74 Å². The molecule has 1 aliphatic rings. The van der Waals surface area contributed by atoms with E-state index >= 15 is 0 Å². The average Bonchev–Trinajstić information content (AvgIpc) is 3.28. The van der Waals surface area contributed by atoms with E-state index in [1.165, 1.54) is 30.0 Å². The van der Waals surface area contributed by atoms with Gasteiger partial charge in [0.05, 0.1) is 16.2 Å². The molecule has 2 N–H and O–H groups in total. The standard InChI is InChI=1S/C20H18F3N3O5S/c1-32-12-5-7-16(26(29)30)13(10-12)18(27)25-15-6-4-11(9-14(15)20(21,22)23)24-19(28)17-3-2-8-31-17/h4-7,9-10,17H,2-3,8H2,1H3,(H,24,28)(H,25,27). The molecule has 2 aromatic carbocycles. The lowest BCUT2D eigenvalue weighted by molar-refractivity contribution is -0.385. The third-order valence-corrected chi connectivity index (χ3v) is 5.43. The first kappa shape index (κ1) is 23.5. The van der Waals surface area contributed by atoms with Crippen molar-refractivity contribution in [2.24, 2.45) is 0 Å². The van der Waals surface area contributed by atoms with Crippen molar-refractivity contribution in [3.05, 3.63) is 57.6 Å². The van der Waals surface area contributed by atoms with Gasteiger partial charge in [0.15, 0.2) is 0 Å². The summed E-state index contributed by atoms with van der Waals surface area (Å²) >= 11 is 1.22. The van der Waals surface area contributed by atoms with E-state index in [0.717, 1.165) is 12.1 Å². The van der Waals surface area contributed by atoms with Crippen molar-refractivity contribution in [3.63, 3.8) is 0 Å². The quantitative estimate of drug-likeness (QED) is 0.360. The van der Waals surface area contributed by atoms with Crippen molar-refractivity contribution in [2.75, 3.05) is 23.5 Å². The normalized spacial score (nSPS) is 15.9. The molecule has 32 heavy (non-hydrogen) atoms. The van der Waals surface area contributed by atoms with Crippen LogP contribution in [0.15, 0.2) is 41.3 Å². The summed E-state index contributed by atoms with van der Waals surface area (Å²) < 4.78 is 46.1. The summed E-state index contributed by atoms with van der Waals surface area (Å²) in [4.78, 5) is 35.8. The topological polar surface area (TPSA) is 111 Å². The fourth-order valence-corrected chi connectivity index (χ4v) is 3.59. The van der Waals surface area contributed by atoms with Gasteiger partial charge in [0, 0.05) is 23.3 Å². The van der Waals surface area contributed by atoms with Gasteiger partial charge in [-0.1, -0.05) is 0 Å². The van der Waals surface area contributed by atoms with Gasteiger partial charge in [-0.25, -0.2) is 0 Å². The average molecular weight is 469 g/mol. The molecular weight excluding hydrogens is 451 g/mol. The minimum absolute atomic E-state index is 0.119. The van der Waals surface area contributed by atoms with Gasteiger partial charge < -0.3 is 15.4 Å². The minimum atomic E-state index is -4.86. The Hall–Kier alpha value is -3.12. The molecule has 12 heteroatoms. The maximum atomic E-state index is 13.6. The minimum Gasteiger partial charge on any atom is -0.368 e. The molecule has 1 fully saturated rings. The maximum absolute atomic E-state index is 13.6. The van der Waals surface area contributed by atoms with E-state index in [0.29, 0.717) is 30.4 Å². The molecule has 170 valence electrons. The Morgan fingerprint density at radius 1 is 1.19 bits per heavy atom. The molecule has 2 amide bonds. The Labute approximate surface area is 184 Å². The van der Waals surface area contributed by atoms with Crippen molar-refractivity contribution in [1.82, 2.24) is 0 Å². The second-order valence-electron chi connectivity index (χ2n) is 6.84. The van der Waals surface area contributed by atoms with Crippen molar-refractivity contribution in [2.45, 2.75) is 30.0 Å². The fraction of sp³-hybridized carbons (Fsp3) is 0.300. The zero-order valence-corrected chi connectivity index (χ0v) is 17.5. The second kappa shape index (κ2) is 9.57. The molecule has 8 nitrogen and oxygen atoms in total. The molecule has 1 saturated heterocycles. The number of nitro groups is 1. The van der Waals surface area contributed by atoms with Crippen LogP contribution in [-0.4, -0.2) is 35.7 Å². The highest BCUT2D eigenvalue weighted by Crippen LogP contribution is 2.37. The number of nitro benzene ring substituents is 1. The number of nitrogens with one attached hydrogen (secondary N) is 2. The highest BCUT2D eigenvalue weighted by Gasteiger charge is 2.35. The van der Waals surface area contributed by atoms with Crippen LogP contribution in [0.3, 0.4) is 0 Å². The number of halogens is 3. The number of carbonyl (C=O) groups excluding carboxylic acids is 2. The van der Waals surface area contributed by atoms with E-state index in [-0.39, 0.29) is 11.3 Å². The van der Waals surface area contributed by atoms with Gasteiger partial charge in [0.2, 0.25) is 0 Å². The Morgan fingerprint density at radius 2 is 1.94 bits per heavy atom. The monoisotopic (exact) mass is 469 g/mol. The molecule has 1 heterocycles. The fourth-order valence-electron chi connectivity index (χ4n) is 3.15. The lowest BCUT2D eigenvalue weighted by Crippen LogP contribution is -2.27. The number of hydrogen-bond donors (Lipinski definition) is 2. The van der Waals surface area contributed by atoms with Gasteiger partial charge >= 0.3 is 6.18 Å². The summed E-state index contributed by atoms with van der Waals surface area (Å²) in [7, 11) is 0. The third-order valence-electron chi connectivity index (χ3n) is 4.71. The molecule has 1 unspecified atom stereocenters. The summed E-state index contributed by atoms with van der Waals surface area (Å²) in [5, 5.41) is 15.7. The number of rotatable bonds is 6. The summed E-state index contributed by atoms with van der Waals surface area (Å²) in [6.45, 7) is 0.404. The number of alkyl halides is 3. The second-order valence-corrected chi connectivity index (χ2v) is 7.72. The molecule has 0 radical (unpaired) electrons. The molecule has 0 bridgehead atoms. The first-order valence-corrected chi connectivity index (χ1v) is 10.6. The maximum Gasteiger partial charge on any atom is 0.418 e. The molecule has 1 aliphatic heterocycles. The van der Waals surface area contributed by atoms with Crippen LogP contribution in [0, 0.1) is 10.1 Å². The largest absolute Gasteiger partial charge is 0.418 e. The Morgan fingerprint density at radius 3 is 2.53 bits per heavy atom. The number of nitrogens with zero attached hydrogens (tertiary/aromatic N) is 1. The third kappa shape index (κ3) is 5.37. The molecule has 3 rings (SSSR count). The summed E-state index contributed by atoms with van der Waals surface area (Å²) in [6.07, 6.45) is -2.75. The van der Waals surface area contributed by atoms with E-state index in [1.54, 1.807) is 6.26 Å². The number of carbonyl (C=O) groups is 2. The van der Waals surface area contributed by atoms with Gasteiger partial charge in [0.1, 0.15) is 11.7 Å². The molecule has 2 aromatic rings. The van der Waals surface area contributed by atoms with Crippen LogP contribution in [-0.2, 0) is 15.7 Å². The molecule has 1 atom stereocenters. The highest BCUT2D eigenvalue weighted by molar-refractivity contribution is 7.98. The summed E-state index contributed by atoms with van der Waals surface area (Å²) in [6, 6.07) is 6.67. The zero-order chi connectivity index (χ0) is 23.5. The van der Waals surface area contributed by atoms with Crippen LogP contribution >= 0.6 is 11.8 Å². The van der Waals surface area contributed by atoms with E-state index in [9.17, 15) is 32.9 Å². The predicted octanol–water partition coefficient (Wildman–Crippen LogP) is 4.71. The van der Waals surface area contributed by atoms with Crippen LogP contribution in [0.25, 0.3) is 0 Å². The van der Waals surface area contributed by atoms with Crippen molar-refractivity contribution in [3.8, 4) is 0 Å². The molecule has 0 aliphatic carbocycles. The van der Waals surface area contributed by atoms with Crippen LogP contribution in [0.2, 0.25) is 0 Å². The van der Waals surface area contributed by atoms with Crippen molar-refractivity contribution in [1.29, 1.82) is 0 Å². The number of amides is 2. The van der Waals surface area contributed by atoms with Gasteiger partial charge in [-0.3, -0.25) is 19.7 Å². The van der Waals surface area contributed by atoms with Crippen LogP contribution < -0.4 is 10.6 Å². The van der Waals surface area contributed by atoms with Crippen molar-refractivity contribution >= 4 is 40.6 Å². The number of thioether (sulfide) groups is 1. The van der Waals surface area contributed by atoms with Crippen molar-refractivity contribution < 1.29 is 32.4 Å². The number of ether oxygens (including phenoxy) is 1. The highest BCUT2D eigenvalue weighted by atomic mass is 32.2. The summed E-state index contributed by atoms with van der Waals surface area (Å²) in [5.74, 6) is -1.62. The van der Waals surface area contributed by atoms with E-state index in [1.807, 2.05) is 0 Å². The Kier molecular flexibility index (Phi) is 7.04. The number of anilines is 2. The van der Waals surface area contributed by atoms with Gasteiger partial charge in [0.25, 0.3) is 17.5 Å².